The highest BCUT2D eigenvalue weighted by Gasteiger charge is 2.18. The van der Waals surface area contributed by atoms with Gasteiger partial charge >= 0.3 is 0 Å². The lowest BCUT2D eigenvalue weighted by molar-refractivity contribution is 0.522. The number of pyridine rings is 2. The topological polar surface area (TPSA) is 25.8 Å². The van der Waals surface area contributed by atoms with Crippen LogP contribution in [0.25, 0.3) is 43.6 Å². The number of nitrogens with zero attached hydrogens (tertiary/aromatic N) is 2. The van der Waals surface area contributed by atoms with Crippen LogP contribution < -0.4 is 0 Å². The lowest BCUT2D eigenvalue weighted by Crippen LogP contribution is -2.03. The van der Waals surface area contributed by atoms with Gasteiger partial charge in [0.15, 0.2) is 0 Å². The van der Waals surface area contributed by atoms with Crippen molar-refractivity contribution >= 4 is 43.6 Å². The molecule has 38 heavy (non-hydrogen) atoms. The molecule has 0 fully saturated rings. The summed E-state index contributed by atoms with van der Waals surface area (Å²) >= 11 is 0. The van der Waals surface area contributed by atoms with Gasteiger partial charge < -0.3 is 0 Å². The van der Waals surface area contributed by atoms with E-state index in [9.17, 15) is 0 Å². The van der Waals surface area contributed by atoms with Crippen LogP contribution in [0.2, 0.25) is 0 Å². The lowest BCUT2D eigenvalue weighted by atomic mass is 9.84. The third-order valence-electron chi connectivity index (χ3n) is 8.10. The average molecular weight is 497 g/mol. The maximum Gasteiger partial charge on any atom is 0.0712 e. The SMILES string of the molecule is CCCC(CCCCCCc1c2ccccc2nc2ccccc12)c1c2ccccc2nc2ccccc12. The van der Waals surface area contributed by atoms with Crippen LogP contribution in [0.4, 0.5) is 0 Å². The molecule has 0 saturated heterocycles. The summed E-state index contributed by atoms with van der Waals surface area (Å²) in [6, 6.07) is 34.7. The number of hydrogen-bond acceptors (Lipinski definition) is 2. The second-order valence-electron chi connectivity index (χ2n) is 10.6. The molecule has 0 radical (unpaired) electrons. The molecule has 0 bridgehead atoms. The number of fused-ring (bicyclic) bond motifs is 4. The Hall–Kier alpha value is -3.78. The molecule has 0 aliphatic rings. The Morgan fingerprint density at radius 1 is 0.500 bits per heavy atom. The first-order valence-electron chi connectivity index (χ1n) is 14.4. The van der Waals surface area contributed by atoms with Crippen LogP contribution in [0.1, 0.15) is 68.9 Å². The molecule has 0 aliphatic carbocycles. The largest absolute Gasteiger partial charge is 0.248 e. The Bertz CT molecular complexity index is 1590. The van der Waals surface area contributed by atoms with Crippen LogP contribution in [0, 0.1) is 0 Å². The van der Waals surface area contributed by atoms with Gasteiger partial charge in [0.2, 0.25) is 0 Å². The van der Waals surface area contributed by atoms with Crippen LogP contribution in [-0.4, -0.2) is 9.97 Å². The molecular weight excluding hydrogens is 460 g/mol. The van der Waals surface area contributed by atoms with Gasteiger partial charge in [-0.1, -0.05) is 105 Å². The Morgan fingerprint density at radius 3 is 1.47 bits per heavy atom. The summed E-state index contributed by atoms with van der Waals surface area (Å²) in [5.41, 5.74) is 7.45. The fourth-order valence-corrected chi connectivity index (χ4v) is 6.34. The van der Waals surface area contributed by atoms with Crippen molar-refractivity contribution < 1.29 is 0 Å². The van der Waals surface area contributed by atoms with Crippen LogP contribution >= 0.6 is 0 Å². The minimum Gasteiger partial charge on any atom is -0.248 e. The fourth-order valence-electron chi connectivity index (χ4n) is 6.34. The van der Waals surface area contributed by atoms with Crippen LogP contribution in [0.15, 0.2) is 97.1 Å². The predicted octanol–water partition coefficient (Wildman–Crippen LogP) is 10.2. The second kappa shape index (κ2) is 11.3. The van der Waals surface area contributed by atoms with E-state index in [1.54, 1.807) is 0 Å². The van der Waals surface area contributed by atoms with E-state index in [0.717, 1.165) is 28.5 Å². The Kier molecular flexibility index (Phi) is 7.31. The maximum atomic E-state index is 4.97. The first kappa shape index (κ1) is 24.6. The summed E-state index contributed by atoms with van der Waals surface area (Å²) < 4.78 is 0. The minimum atomic E-state index is 0.575. The molecule has 2 nitrogen and oxygen atoms in total. The lowest BCUT2D eigenvalue weighted by Gasteiger charge is -2.21. The first-order chi connectivity index (χ1) is 18.8. The molecular formula is C36H36N2. The van der Waals surface area contributed by atoms with Gasteiger partial charge in [-0.3, -0.25) is 0 Å². The van der Waals surface area contributed by atoms with Gasteiger partial charge in [0.25, 0.3) is 0 Å². The number of para-hydroxylation sites is 4. The van der Waals surface area contributed by atoms with Crippen LogP contribution in [0.5, 0.6) is 0 Å². The van der Waals surface area contributed by atoms with Gasteiger partial charge in [0, 0.05) is 21.5 Å². The standard InChI is InChI=1S/C36H36N2/c1-2-15-26(36-30-20-9-13-24-34(30)38-35-25-14-10-21-31(35)36)16-5-3-4-6-17-27-28-18-7-11-22-32(28)37-33-23-12-8-19-29(27)33/h7-14,18-26H,2-6,15-17H2,1H3. The van der Waals surface area contributed by atoms with Crippen LogP contribution in [-0.2, 0) is 6.42 Å². The molecule has 6 rings (SSSR count). The van der Waals surface area contributed by atoms with Gasteiger partial charge in [-0.2, -0.15) is 0 Å². The maximum absolute atomic E-state index is 4.97. The molecule has 1 atom stereocenters. The molecule has 190 valence electrons. The van der Waals surface area contributed by atoms with Crippen molar-refractivity contribution in [1.82, 2.24) is 9.97 Å². The summed E-state index contributed by atoms with van der Waals surface area (Å²) in [6.45, 7) is 2.32. The minimum absolute atomic E-state index is 0.575. The fraction of sp³-hybridized carbons (Fsp3) is 0.278. The monoisotopic (exact) mass is 496 g/mol. The van der Waals surface area contributed by atoms with Crippen LogP contribution in [0.3, 0.4) is 0 Å². The number of hydrogen-bond donors (Lipinski definition) is 0. The van der Waals surface area contributed by atoms with Gasteiger partial charge in [-0.15, -0.1) is 0 Å². The quantitative estimate of drug-likeness (QED) is 0.139. The molecule has 6 aromatic rings. The van der Waals surface area contributed by atoms with Gasteiger partial charge in [0.05, 0.1) is 22.1 Å². The van der Waals surface area contributed by atoms with E-state index >= 15 is 0 Å². The van der Waals surface area contributed by atoms with Crippen molar-refractivity contribution in [1.29, 1.82) is 0 Å². The first-order valence-corrected chi connectivity index (χ1v) is 14.4. The summed E-state index contributed by atoms with van der Waals surface area (Å²) in [4.78, 5) is 9.87. The van der Waals surface area contributed by atoms with Crippen molar-refractivity contribution in [2.75, 3.05) is 0 Å². The zero-order chi connectivity index (χ0) is 25.7. The van der Waals surface area contributed by atoms with E-state index in [1.807, 2.05) is 0 Å². The van der Waals surface area contributed by atoms with E-state index in [4.69, 9.17) is 9.97 Å². The third kappa shape index (κ3) is 4.88. The molecule has 0 aliphatic heterocycles. The highest BCUT2D eigenvalue weighted by molar-refractivity contribution is 5.98. The number of unbranched alkanes of at least 4 members (excludes halogenated alkanes) is 3. The van der Waals surface area contributed by atoms with E-state index in [1.165, 1.54) is 77.6 Å². The number of benzene rings is 4. The summed E-state index contributed by atoms with van der Waals surface area (Å²) in [5, 5.41) is 5.29. The molecule has 0 saturated carbocycles. The second-order valence-corrected chi connectivity index (χ2v) is 10.6. The van der Waals surface area contributed by atoms with Crippen molar-refractivity contribution in [2.45, 2.75) is 64.2 Å². The zero-order valence-electron chi connectivity index (χ0n) is 22.4. The molecule has 0 amide bonds. The third-order valence-corrected chi connectivity index (χ3v) is 8.10. The van der Waals surface area contributed by atoms with E-state index < -0.39 is 0 Å². The molecule has 0 spiro atoms. The summed E-state index contributed by atoms with van der Waals surface area (Å²) in [7, 11) is 0. The molecule has 4 aromatic carbocycles. The molecule has 1 unspecified atom stereocenters. The highest BCUT2D eigenvalue weighted by atomic mass is 14.7. The molecule has 2 heterocycles. The Balaban J connectivity index is 1.16. The number of aryl methyl sites for hydroxylation is 1. The Labute approximate surface area is 225 Å². The highest BCUT2D eigenvalue weighted by Crippen LogP contribution is 2.37. The summed E-state index contributed by atoms with van der Waals surface area (Å²) in [5.74, 6) is 0.575. The van der Waals surface area contributed by atoms with Crippen molar-refractivity contribution in [3.63, 3.8) is 0 Å². The number of rotatable bonds is 10. The van der Waals surface area contributed by atoms with Crippen molar-refractivity contribution in [3.8, 4) is 0 Å². The predicted molar refractivity (Wildman–Crippen MR) is 163 cm³/mol. The van der Waals surface area contributed by atoms with E-state index in [2.05, 4.69) is 104 Å². The molecule has 0 N–H and O–H groups in total. The molecule has 2 aromatic heterocycles. The molecule has 2 heteroatoms. The van der Waals surface area contributed by atoms with E-state index in [-0.39, 0.29) is 0 Å². The van der Waals surface area contributed by atoms with Gasteiger partial charge in [-0.05, 0) is 67.0 Å². The zero-order valence-corrected chi connectivity index (χ0v) is 22.4. The van der Waals surface area contributed by atoms with Gasteiger partial charge in [0.1, 0.15) is 0 Å². The normalized spacial score (nSPS) is 12.6. The van der Waals surface area contributed by atoms with Crippen molar-refractivity contribution in [3.05, 3.63) is 108 Å². The Morgan fingerprint density at radius 2 is 0.947 bits per heavy atom. The van der Waals surface area contributed by atoms with Crippen molar-refractivity contribution in [2.24, 2.45) is 0 Å². The smallest absolute Gasteiger partial charge is 0.0712 e. The average Bonchev–Trinajstić information content (AvgIpc) is 2.96. The van der Waals surface area contributed by atoms with Gasteiger partial charge in [-0.25, -0.2) is 9.97 Å². The number of aromatic nitrogens is 2. The van der Waals surface area contributed by atoms with E-state index in [0.29, 0.717) is 5.92 Å². The summed E-state index contributed by atoms with van der Waals surface area (Å²) in [6.07, 6.45) is 9.83.